The number of anilines is 1. The van der Waals surface area contributed by atoms with E-state index in [0.29, 0.717) is 11.3 Å². The zero-order chi connectivity index (χ0) is 16.1. The fourth-order valence-corrected chi connectivity index (χ4v) is 2.14. The Balaban J connectivity index is 1.90. The molecular formula is C16H15ClF2N2O. The van der Waals surface area contributed by atoms with E-state index in [0.717, 1.165) is 0 Å². The van der Waals surface area contributed by atoms with Crippen LogP contribution in [0.5, 0.6) is 0 Å². The third-order valence-electron chi connectivity index (χ3n) is 3.14. The van der Waals surface area contributed by atoms with Gasteiger partial charge in [-0.15, -0.1) is 0 Å². The van der Waals surface area contributed by atoms with Crippen molar-refractivity contribution in [2.45, 2.75) is 13.0 Å². The van der Waals surface area contributed by atoms with E-state index in [4.69, 9.17) is 11.6 Å². The second kappa shape index (κ2) is 7.33. The molecule has 0 aliphatic carbocycles. The average molecular weight is 325 g/mol. The summed E-state index contributed by atoms with van der Waals surface area (Å²) in [5, 5.41) is 5.45. The summed E-state index contributed by atoms with van der Waals surface area (Å²) in [7, 11) is 0. The van der Waals surface area contributed by atoms with E-state index < -0.39 is 5.82 Å². The van der Waals surface area contributed by atoms with Crippen molar-refractivity contribution in [1.29, 1.82) is 0 Å². The minimum atomic E-state index is -0.550. The summed E-state index contributed by atoms with van der Waals surface area (Å²) in [6.45, 7) is 1.75. The van der Waals surface area contributed by atoms with E-state index in [2.05, 4.69) is 10.6 Å². The first-order chi connectivity index (χ1) is 10.5. The van der Waals surface area contributed by atoms with Gasteiger partial charge < -0.3 is 10.6 Å². The lowest BCUT2D eigenvalue weighted by Crippen LogP contribution is -2.30. The van der Waals surface area contributed by atoms with Crippen molar-refractivity contribution in [3.8, 4) is 0 Å². The largest absolute Gasteiger partial charge is 0.325 e. The number of carbonyl (C=O) groups is 1. The van der Waals surface area contributed by atoms with Crippen LogP contribution in [0.3, 0.4) is 0 Å². The summed E-state index contributed by atoms with van der Waals surface area (Å²) >= 11 is 5.64. The summed E-state index contributed by atoms with van der Waals surface area (Å²) in [6.07, 6.45) is 0. The number of benzene rings is 2. The van der Waals surface area contributed by atoms with Crippen LogP contribution in [0.2, 0.25) is 5.02 Å². The molecule has 0 bridgehead atoms. The molecule has 0 aliphatic heterocycles. The standard InChI is InChI=1S/C16H15ClF2N2O/c1-10(12-4-2-3-5-14(12)18)20-9-16(22)21-11-6-7-15(19)13(17)8-11/h2-8,10,20H,9H2,1H3,(H,21,22). The third-order valence-corrected chi connectivity index (χ3v) is 3.43. The molecule has 0 aromatic heterocycles. The maximum absolute atomic E-state index is 13.6. The monoisotopic (exact) mass is 324 g/mol. The molecule has 22 heavy (non-hydrogen) atoms. The van der Waals surface area contributed by atoms with E-state index in [1.807, 2.05) is 0 Å². The molecule has 1 amide bonds. The molecule has 6 heteroatoms. The Bertz CT molecular complexity index is 679. The smallest absolute Gasteiger partial charge is 0.238 e. The maximum Gasteiger partial charge on any atom is 0.238 e. The summed E-state index contributed by atoms with van der Waals surface area (Å²) in [5.41, 5.74) is 0.886. The van der Waals surface area contributed by atoms with Gasteiger partial charge in [0.05, 0.1) is 11.6 Å². The molecule has 0 saturated heterocycles. The van der Waals surface area contributed by atoms with Gasteiger partial charge in [0.25, 0.3) is 0 Å². The van der Waals surface area contributed by atoms with Gasteiger partial charge in [-0.3, -0.25) is 4.79 Å². The van der Waals surface area contributed by atoms with Crippen LogP contribution in [0.25, 0.3) is 0 Å². The molecule has 0 aliphatic rings. The highest BCUT2D eigenvalue weighted by molar-refractivity contribution is 6.31. The van der Waals surface area contributed by atoms with Crippen molar-refractivity contribution in [1.82, 2.24) is 5.32 Å². The number of nitrogens with one attached hydrogen (secondary N) is 2. The van der Waals surface area contributed by atoms with Gasteiger partial charge >= 0.3 is 0 Å². The Labute approximate surface area is 132 Å². The van der Waals surface area contributed by atoms with Crippen LogP contribution in [0.4, 0.5) is 14.5 Å². The lowest BCUT2D eigenvalue weighted by molar-refractivity contribution is -0.115. The maximum atomic E-state index is 13.6. The molecule has 1 unspecified atom stereocenters. The molecule has 0 fully saturated rings. The molecule has 116 valence electrons. The van der Waals surface area contributed by atoms with Crippen molar-refractivity contribution in [3.63, 3.8) is 0 Å². The summed E-state index contributed by atoms with van der Waals surface area (Å²) in [4.78, 5) is 11.8. The van der Waals surface area contributed by atoms with E-state index in [9.17, 15) is 13.6 Å². The SMILES string of the molecule is CC(NCC(=O)Nc1ccc(F)c(Cl)c1)c1ccccc1F. The highest BCUT2D eigenvalue weighted by atomic mass is 35.5. The molecule has 0 radical (unpaired) electrons. The van der Waals surface area contributed by atoms with Gasteiger partial charge in [-0.05, 0) is 31.2 Å². The number of carbonyl (C=O) groups excluding carboxylic acids is 1. The van der Waals surface area contributed by atoms with E-state index in [1.54, 1.807) is 25.1 Å². The van der Waals surface area contributed by atoms with Gasteiger partial charge in [0, 0.05) is 17.3 Å². The fourth-order valence-electron chi connectivity index (χ4n) is 1.96. The molecule has 2 N–H and O–H groups in total. The Morgan fingerprint density at radius 2 is 1.91 bits per heavy atom. The number of rotatable bonds is 5. The lowest BCUT2D eigenvalue weighted by atomic mass is 10.1. The third kappa shape index (κ3) is 4.26. The zero-order valence-corrected chi connectivity index (χ0v) is 12.6. The number of amides is 1. The summed E-state index contributed by atoms with van der Waals surface area (Å²) in [5.74, 6) is -1.20. The molecule has 0 spiro atoms. The van der Waals surface area contributed by atoms with Gasteiger partial charge in [0.1, 0.15) is 11.6 Å². The van der Waals surface area contributed by atoms with Crippen LogP contribution in [0.1, 0.15) is 18.5 Å². The van der Waals surface area contributed by atoms with Crippen molar-refractivity contribution in [3.05, 3.63) is 64.7 Å². The topological polar surface area (TPSA) is 41.1 Å². The highest BCUT2D eigenvalue weighted by Gasteiger charge is 2.11. The predicted octanol–water partition coefficient (Wildman–Crippen LogP) is 3.91. The second-order valence-corrected chi connectivity index (χ2v) is 5.21. The lowest BCUT2D eigenvalue weighted by Gasteiger charge is -2.15. The predicted molar refractivity (Wildman–Crippen MR) is 82.9 cm³/mol. The summed E-state index contributed by atoms with van der Waals surface area (Å²) < 4.78 is 26.6. The zero-order valence-electron chi connectivity index (χ0n) is 11.9. The Morgan fingerprint density at radius 1 is 1.18 bits per heavy atom. The van der Waals surface area contributed by atoms with Gasteiger partial charge in [-0.2, -0.15) is 0 Å². The molecule has 0 saturated carbocycles. The van der Waals surface area contributed by atoms with Crippen molar-refractivity contribution in [2.75, 3.05) is 11.9 Å². The van der Waals surface area contributed by atoms with Crippen molar-refractivity contribution < 1.29 is 13.6 Å². The molecule has 2 aromatic carbocycles. The first kappa shape index (κ1) is 16.4. The van der Waals surface area contributed by atoms with Crippen LogP contribution in [0.15, 0.2) is 42.5 Å². The highest BCUT2D eigenvalue weighted by Crippen LogP contribution is 2.19. The number of hydrogen-bond acceptors (Lipinski definition) is 2. The Morgan fingerprint density at radius 3 is 2.59 bits per heavy atom. The molecular weight excluding hydrogens is 310 g/mol. The van der Waals surface area contributed by atoms with Crippen molar-refractivity contribution >= 4 is 23.2 Å². The molecule has 0 heterocycles. The minimum absolute atomic E-state index is 0.00943. The fraction of sp³-hybridized carbons (Fsp3) is 0.188. The minimum Gasteiger partial charge on any atom is -0.325 e. The van der Waals surface area contributed by atoms with Crippen molar-refractivity contribution in [2.24, 2.45) is 0 Å². The quantitative estimate of drug-likeness (QED) is 0.875. The van der Waals surface area contributed by atoms with Gasteiger partial charge in [0.15, 0.2) is 0 Å². The first-order valence-corrected chi connectivity index (χ1v) is 7.08. The Kier molecular flexibility index (Phi) is 5.46. The van der Waals surface area contributed by atoms with Crippen LogP contribution in [-0.4, -0.2) is 12.5 Å². The van der Waals surface area contributed by atoms with Gasteiger partial charge in [0.2, 0.25) is 5.91 Å². The second-order valence-electron chi connectivity index (χ2n) is 4.80. The van der Waals surface area contributed by atoms with Gasteiger partial charge in [-0.25, -0.2) is 8.78 Å². The van der Waals surface area contributed by atoms with E-state index in [1.165, 1.54) is 24.3 Å². The van der Waals surface area contributed by atoms with Crippen LogP contribution >= 0.6 is 11.6 Å². The number of hydrogen-bond donors (Lipinski definition) is 2. The summed E-state index contributed by atoms with van der Waals surface area (Å²) in [6, 6.07) is 9.97. The molecule has 3 nitrogen and oxygen atoms in total. The normalized spacial score (nSPS) is 12.0. The molecule has 2 aromatic rings. The van der Waals surface area contributed by atoms with Gasteiger partial charge in [-0.1, -0.05) is 29.8 Å². The molecule has 1 atom stereocenters. The van der Waals surface area contributed by atoms with Crippen LogP contribution < -0.4 is 10.6 Å². The van der Waals surface area contributed by atoms with Crippen LogP contribution in [0, 0.1) is 11.6 Å². The first-order valence-electron chi connectivity index (χ1n) is 6.70. The molecule has 2 rings (SSSR count). The van der Waals surface area contributed by atoms with E-state index >= 15 is 0 Å². The Hall–Kier alpha value is -1.98. The van der Waals surface area contributed by atoms with Crippen LogP contribution in [-0.2, 0) is 4.79 Å². The number of halogens is 3. The van der Waals surface area contributed by atoms with E-state index in [-0.39, 0.29) is 29.3 Å². The average Bonchev–Trinajstić information content (AvgIpc) is 2.49.